The summed E-state index contributed by atoms with van der Waals surface area (Å²) in [5.41, 5.74) is 0.311. The van der Waals surface area contributed by atoms with E-state index in [0.29, 0.717) is 5.56 Å². The minimum absolute atomic E-state index is 0.00410. The van der Waals surface area contributed by atoms with Crippen LogP contribution in [0.5, 0.6) is 5.75 Å². The molecule has 88 valence electrons. The second-order valence-electron chi connectivity index (χ2n) is 3.82. The average Bonchev–Trinajstić information content (AvgIpc) is 2.17. The molecule has 0 fully saturated rings. The second kappa shape index (κ2) is 5.89. The third-order valence-corrected chi connectivity index (χ3v) is 2.80. The minimum Gasteiger partial charge on any atom is -0.507 e. The summed E-state index contributed by atoms with van der Waals surface area (Å²) in [5, 5.41) is 12.5. The van der Waals surface area contributed by atoms with E-state index in [4.69, 9.17) is 0 Å². The van der Waals surface area contributed by atoms with Crippen molar-refractivity contribution in [1.29, 1.82) is 0 Å². The van der Waals surface area contributed by atoms with Gasteiger partial charge in [-0.1, -0.05) is 29.3 Å². The summed E-state index contributed by atoms with van der Waals surface area (Å²) in [6.45, 7) is 4.02. The predicted octanol–water partition coefficient (Wildman–Crippen LogP) is 3.07. The molecule has 4 heteroatoms. The number of nitrogens with one attached hydrogen (secondary N) is 1. The zero-order valence-corrected chi connectivity index (χ0v) is 11.0. The number of rotatable bonds is 4. The van der Waals surface area contributed by atoms with E-state index >= 15 is 0 Å². The van der Waals surface area contributed by atoms with Crippen LogP contribution in [0.2, 0.25) is 0 Å². The number of aromatic hydroxyl groups is 1. The molecule has 0 aliphatic rings. The molecule has 1 rings (SSSR count). The zero-order chi connectivity index (χ0) is 12.1. The molecule has 0 heterocycles. The van der Waals surface area contributed by atoms with Crippen LogP contribution in [0.1, 0.15) is 37.0 Å². The van der Waals surface area contributed by atoms with Crippen LogP contribution in [0.3, 0.4) is 0 Å². The molecule has 0 spiro atoms. The van der Waals surface area contributed by atoms with Gasteiger partial charge in [-0.15, -0.1) is 0 Å². The van der Waals surface area contributed by atoms with Gasteiger partial charge in [0.1, 0.15) is 5.75 Å². The van der Waals surface area contributed by atoms with Crippen molar-refractivity contribution >= 4 is 21.8 Å². The Hall–Kier alpha value is -1.03. The number of hydrogen-bond acceptors (Lipinski definition) is 2. The molecule has 1 unspecified atom stereocenters. The average molecular weight is 286 g/mol. The lowest BCUT2D eigenvalue weighted by Gasteiger charge is -2.13. The molecule has 0 aliphatic carbocycles. The number of carbonyl (C=O) groups is 1. The van der Waals surface area contributed by atoms with E-state index in [-0.39, 0.29) is 17.7 Å². The first-order valence-corrected chi connectivity index (χ1v) is 6.13. The van der Waals surface area contributed by atoms with Crippen LogP contribution >= 0.6 is 15.9 Å². The van der Waals surface area contributed by atoms with Crippen molar-refractivity contribution < 1.29 is 9.90 Å². The molecule has 2 N–H and O–H groups in total. The Morgan fingerprint density at radius 3 is 2.81 bits per heavy atom. The first kappa shape index (κ1) is 13.0. The highest BCUT2D eigenvalue weighted by atomic mass is 79.9. The van der Waals surface area contributed by atoms with Gasteiger partial charge in [-0.05, 0) is 31.5 Å². The van der Waals surface area contributed by atoms with Crippen molar-refractivity contribution in [1.82, 2.24) is 5.32 Å². The molecular formula is C12H16BrNO2. The molecule has 0 aromatic heterocycles. The molecule has 0 aliphatic heterocycles. The van der Waals surface area contributed by atoms with E-state index in [0.717, 1.165) is 17.3 Å². The highest BCUT2D eigenvalue weighted by molar-refractivity contribution is 9.10. The fraction of sp³-hybridized carbons (Fsp3) is 0.417. The molecule has 0 saturated carbocycles. The molecule has 3 nitrogen and oxygen atoms in total. The summed E-state index contributed by atoms with van der Waals surface area (Å²) in [7, 11) is 0. The normalized spacial score (nSPS) is 12.2. The fourth-order valence-electron chi connectivity index (χ4n) is 1.50. The highest BCUT2D eigenvalue weighted by Crippen LogP contribution is 2.22. The molecule has 0 bridgehead atoms. The van der Waals surface area contributed by atoms with E-state index < -0.39 is 0 Å². The molecule has 0 radical (unpaired) electrons. The Labute approximate surface area is 104 Å². The van der Waals surface area contributed by atoms with Crippen molar-refractivity contribution in [3.63, 3.8) is 0 Å². The van der Waals surface area contributed by atoms with Crippen molar-refractivity contribution in [2.75, 3.05) is 0 Å². The molecule has 1 aromatic carbocycles. The van der Waals surface area contributed by atoms with Crippen LogP contribution in [-0.2, 0) is 0 Å². The van der Waals surface area contributed by atoms with Crippen LogP contribution < -0.4 is 5.32 Å². The van der Waals surface area contributed by atoms with Gasteiger partial charge in [0.05, 0.1) is 5.56 Å². The quantitative estimate of drug-likeness (QED) is 0.893. The predicted molar refractivity (Wildman–Crippen MR) is 67.6 cm³/mol. The lowest BCUT2D eigenvalue weighted by molar-refractivity contribution is 0.0935. The third-order valence-electron chi connectivity index (χ3n) is 2.30. The summed E-state index contributed by atoms with van der Waals surface area (Å²) in [6.07, 6.45) is 1.96. The first-order chi connectivity index (χ1) is 7.54. The molecule has 1 aromatic rings. The second-order valence-corrected chi connectivity index (χ2v) is 4.74. The summed E-state index contributed by atoms with van der Waals surface area (Å²) in [4.78, 5) is 11.8. The van der Waals surface area contributed by atoms with E-state index in [1.807, 2.05) is 6.92 Å². The summed E-state index contributed by atoms with van der Waals surface area (Å²) < 4.78 is 0.753. The Bertz CT molecular complexity index is 379. The van der Waals surface area contributed by atoms with Gasteiger partial charge in [0.15, 0.2) is 0 Å². The van der Waals surface area contributed by atoms with Gasteiger partial charge in [0, 0.05) is 10.5 Å². The van der Waals surface area contributed by atoms with Crippen LogP contribution in [-0.4, -0.2) is 17.1 Å². The van der Waals surface area contributed by atoms with Crippen LogP contribution in [0, 0.1) is 0 Å². The maximum atomic E-state index is 11.8. The van der Waals surface area contributed by atoms with E-state index in [1.165, 1.54) is 6.07 Å². The fourth-order valence-corrected chi connectivity index (χ4v) is 1.85. The maximum Gasteiger partial charge on any atom is 0.255 e. The van der Waals surface area contributed by atoms with Gasteiger partial charge in [-0.25, -0.2) is 0 Å². The van der Waals surface area contributed by atoms with E-state index in [9.17, 15) is 9.90 Å². The molecule has 16 heavy (non-hydrogen) atoms. The Morgan fingerprint density at radius 2 is 2.25 bits per heavy atom. The Morgan fingerprint density at radius 1 is 1.56 bits per heavy atom. The minimum atomic E-state index is -0.231. The van der Waals surface area contributed by atoms with Gasteiger partial charge < -0.3 is 10.4 Å². The van der Waals surface area contributed by atoms with Gasteiger partial charge >= 0.3 is 0 Å². The Kier molecular flexibility index (Phi) is 4.80. The van der Waals surface area contributed by atoms with Gasteiger partial charge in [0.25, 0.3) is 5.91 Å². The van der Waals surface area contributed by atoms with Crippen LogP contribution in [0.4, 0.5) is 0 Å². The monoisotopic (exact) mass is 285 g/mol. The SMILES string of the molecule is CCCC(C)NC(=O)c1ccc(Br)cc1O. The third kappa shape index (κ3) is 3.52. The van der Waals surface area contributed by atoms with Gasteiger partial charge in [-0.2, -0.15) is 0 Å². The number of halogens is 1. The van der Waals surface area contributed by atoms with E-state index in [2.05, 4.69) is 28.2 Å². The number of carbonyl (C=O) groups excluding carboxylic acids is 1. The van der Waals surface area contributed by atoms with Crippen molar-refractivity contribution in [3.05, 3.63) is 28.2 Å². The first-order valence-electron chi connectivity index (χ1n) is 5.34. The highest BCUT2D eigenvalue weighted by Gasteiger charge is 2.13. The summed E-state index contributed by atoms with van der Waals surface area (Å²) >= 11 is 3.23. The lowest BCUT2D eigenvalue weighted by Crippen LogP contribution is -2.32. The lowest BCUT2D eigenvalue weighted by atomic mass is 10.1. The van der Waals surface area contributed by atoms with Crippen molar-refractivity contribution in [2.45, 2.75) is 32.7 Å². The van der Waals surface area contributed by atoms with E-state index in [1.54, 1.807) is 12.1 Å². The molecule has 0 saturated heterocycles. The standard InChI is InChI=1S/C12H16BrNO2/c1-3-4-8(2)14-12(16)10-6-5-9(13)7-11(10)15/h5-8,15H,3-4H2,1-2H3,(H,14,16). The number of amides is 1. The van der Waals surface area contributed by atoms with Crippen LogP contribution in [0.15, 0.2) is 22.7 Å². The summed E-state index contributed by atoms with van der Waals surface area (Å²) in [6, 6.07) is 4.98. The smallest absolute Gasteiger partial charge is 0.255 e. The van der Waals surface area contributed by atoms with Crippen molar-refractivity contribution in [3.8, 4) is 5.75 Å². The largest absolute Gasteiger partial charge is 0.507 e. The van der Waals surface area contributed by atoms with Gasteiger partial charge in [-0.3, -0.25) is 4.79 Å². The topological polar surface area (TPSA) is 49.3 Å². The van der Waals surface area contributed by atoms with Gasteiger partial charge in [0.2, 0.25) is 0 Å². The summed E-state index contributed by atoms with van der Waals surface area (Å²) in [5.74, 6) is -0.235. The molecule has 1 amide bonds. The number of phenols is 1. The number of phenolic OH excluding ortho intramolecular Hbond substituents is 1. The maximum absolute atomic E-state index is 11.8. The number of benzene rings is 1. The van der Waals surface area contributed by atoms with Crippen molar-refractivity contribution in [2.24, 2.45) is 0 Å². The Balaban J connectivity index is 2.73. The zero-order valence-electron chi connectivity index (χ0n) is 9.46. The van der Waals surface area contributed by atoms with Crippen LogP contribution in [0.25, 0.3) is 0 Å². The molecular weight excluding hydrogens is 270 g/mol. The number of hydrogen-bond donors (Lipinski definition) is 2. The molecule has 1 atom stereocenters.